The van der Waals surface area contributed by atoms with Crippen LogP contribution in [0.15, 0.2) is 24.3 Å². The summed E-state index contributed by atoms with van der Waals surface area (Å²) in [6.07, 6.45) is 2.47. The minimum Gasteiger partial charge on any atom is -0.468 e. The van der Waals surface area contributed by atoms with E-state index in [0.29, 0.717) is 5.92 Å². The van der Waals surface area contributed by atoms with Gasteiger partial charge in [-0.2, -0.15) is 0 Å². The molecule has 2 atom stereocenters. The predicted molar refractivity (Wildman–Crippen MR) is 71.3 cm³/mol. The van der Waals surface area contributed by atoms with Crippen molar-refractivity contribution in [2.75, 3.05) is 7.11 Å². The molecule has 1 aliphatic carbocycles. The molecular formula is C15H21NO2. The Morgan fingerprint density at radius 1 is 1.33 bits per heavy atom. The van der Waals surface area contributed by atoms with Crippen LogP contribution in [-0.2, 0) is 9.53 Å². The van der Waals surface area contributed by atoms with E-state index in [0.717, 1.165) is 0 Å². The highest BCUT2D eigenvalue weighted by Gasteiger charge is 2.34. The fraction of sp³-hybridized carbons (Fsp3) is 0.533. The number of aryl methyl sites for hydroxylation is 1. The van der Waals surface area contributed by atoms with Gasteiger partial charge in [0.15, 0.2) is 0 Å². The van der Waals surface area contributed by atoms with Crippen molar-refractivity contribution in [3.05, 3.63) is 35.4 Å². The molecular weight excluding hydrogens is 226 g/mol. The molecule has 3 nitrogen and oxygen atoms in total. The van der Waals surface area contributed by atoms with Crippen molar-refractivity contribution in [1.29, 1.82) is 0 Å². The Hall–Kier alpha value is -1.35. The van der Waals surface area contributed by atoms with Gasteiger partial charge < -0.3 is 4.74 Å². The molecule has 98 valence electrons. The van der Waals surface area contributed by atoms with E-state index < -0.39 is 0 Å². The second-order valence-electron chi connectivity index (χ2n) is 5.14. The van der Waals surface area contributed by atoms with Gasteiger partial charge in [-0.3, -0.25) is 10.1 Å². The second-order valence-corrected chi connectivity index (χ2v) is 5.14. The molecule has 1 aromatic carbocycles. The van der Waals surface area contributed by atoms with Crippen LogP contribution in [-0.4, -0.2) is 19.1 Å². The van der Waals surface area contributed by atoms with E-state index >= 15 is 0 Å². The van der Waals surface area contributed by atoms with Crippen LogP contribution in [0.2, 0.25) is 0 Å². The van der Waals surface area contributed by atoms with Gasteiger partial charge in [0.25, 0.3) is 0 Å². The second kappa shape index (κ2) is 5.53. The minimum atomic E-state index is -0.262. The fourth-order valence-corrected chi connectivity index (χ4v) is 2.22. The first-order valence-electron chi connectivity index (χ1n) is 6.52. The quantitative estimate of drug-likeness (QED) is 0.813. The van der Waals surface area contributed by atoms with Crippen LogP contribution in [0.4, 0.5) is 0 Å². The predicted octanol–water partition coefficient (Wildman–Crippen LogP) is 2.60. The lowest BCUT2D eigenvalue weighted by molar-refractivity contribution is -0.142. The SMILES string of the molecule is COC(=O)C(C)NC(c1ccc(C)cc1)C1CC1. The van der Waals surface area contributed by atoms with E-state index in [1.807, 2.05) is 6.92 Å². The van der Waals surface area contributed by atoms with Crippen molar-refractivity contribution in [2.24, 2.45) is 5.92 Å². The van der Waals surface area contributed by atoms with Gasteiger partial charge in [-0.25, -0.2) is 0 Å². The highest BCUT2D eigenvalue weighted by Crippen LogP contribution is 2.41. The average molecular weight is 247 g/mol. The smallest absolute Gasteiger partial charge is 0.322 e. The summed E-state index contributed by atoms with van der Waals surface area (Å²) in [5.41, 5.74) is 2.52. The molecule has 0 aromatic heterocycles. The van der Waals surface area contributed by atoms with Crippen molar-refractivity contribution in [1.82, 2.24) is 5.32 Å². The summed E-state index contributed by atoms with van der Waals surface area (Å²) in [7, 11) is 1.43. The summed E-state index contributed by atoms with van der Waals surface area (Å²) in [5.74, 6) is 0.451. The van der Waals surface area contributed by atoms with E-state index in [4.69, 9.17) is 4.74 Å². The molecule has 0 heterocycles. The van der Waals surface area contributed by atoms with Crippen molar-refractivity contribution in [2.45, 2.75) is 38.8 Å². The van der Waals surface area contributed by atoms with Gasteiger partial charge >= 0.3 is 5.97 Å². The molecule has 18 heavy (non-hydrogen) atoms. The van der Waals surface area contributed by atoms with Crippen LogP contribution >= 0.6 is 0 Å². The number of ether oxygens (including phenoxy) is 1. The van der Waals surface area contributed by atoms with Crippen molar-refractivity contribution in [3.8, 4) is 0 Å². The molecule has 2 rings (SSSR count). The normalized spacial score (nSPS) is 18.2. The summed E-state index contributed by atoms with van der Waals surface area (Å²) in [6, 6.07) is 8.54. The number of rotatable bonds is 5. The summed E-state index contributed by atoms with van der Waals surface area (Å²) >= 11 is 0. The van der Waals surface area contributed by atoms with E-state index in [1.165, 1.54) is 31.1 Å². The number of nitrogens with one attached hydrogen (secondary N) is 1. The molecule has 0 spiro atoms. The van der Waals surface area contributed by atoms with Crippen LogP contribution in [0, 0.1) is 12.8 Å². The molecule has 3 heteroatoms. The minimum absolute atomic E-state index is 0.201. The Labute approximate surface area is 109 Å². The topological polar surface area (TPSA) is 38.3 Å². The number of benzene rings is 1. The molecule has 1 aliphatic rings. The lowest BCUT2D eigenvalue weighted by Crippen LogP contribution is -2.38. The molecule has 2 unspecified atom stereocenters. The van der Waals surface area contributed by atoms with Gasteiger partial charge in [-0.05, 0) is 38.2 Å². The highest BCUT2D eigenvalue weighted by atomic mass is 16.5. The zero-order valence-corrected chi connectivity index (χ0v) is 11.3. The average Bonchev–Trinajstić information content (AvgIpc) is 3.20. The Bertz CT molecular complexity index is 409. The number of carbonyl (C=O) groups excluding carboxylic acids is 1. The maximum Gasteiger partial charge on any atom is 0.322 e. The molecule has 0 saturated heterocycles. The number of carbonyl (C=O) groups is 1. The molecule has 0 amide bonds. The summed E-state index contributed by atoms with van der Waals surface area (Å²) in [5, 5.41) is 3.39. The van der Waals surface area contributed by atoms with Gasteiger partial charge in [-0.1, -0.05) is 29.8 Å². The van der Waals surface area contributed by atoms with Gasteiger partial charge in [0.1, 0.15) is 6.04 Å². The number of hydrogen-bond acceptors (Lipinski definition) is 3. The first kappa shape index (κ1) is 13.1. The number of esters is 1. The van der Waals surface area contributed by atoms with Crippen molar-refractivity contribution < 1.29 is 9.53 Å². The maximum absolute atomic E-state index is 11.5. The Kier molecular flexibility index (Phi) is 4.02. The molecule has 0 bridgehead atoms. The van der Waals surface area contributed by atoms with Gasteiger partial charge in [0.2, 0.25) is 0 Å². The maximum atomic E-state index is 11.5. The van der Waals surface area contributed by atoms with Gasteiger partial charge in [0.05, 0.1) is 7.11 Å². The first-order chi connectivity index (χ1) is 8.61. The summed E-state index contributed by atoms with van der Waals surface area (Å²) < 4.78 is 4.77. The fourth-order valence-electron chi connectivity index (χ4n) is 2.22. The van der Waals surface area contributed by atoms with Crippen molar-refractivity contribution >= 4 is 5.97 Å². The molecule has 1 N–H and O–H groups in total. The molecule has 0 radical (unpaired) electrons. The van der Waals surface area contributed by atoms with E-state index in [9.17, 15) is 4.79 Å². The Morgan fingerprint density at radius 3 is 2.44 bits per heavy atom. The third kappa shape index (κ3) is 3.10. The van der Waals surface area contributed by atoms with E-state index in [1.54, 1.807) is 0 Å². The van der Waals surface area contributed by atoms with Crippen LogP contribution < -0.4 is 5.32 Å². The van der Waals surface area contributed by atoms with Crippen LogP contribution in [0.5, 0.6) is 0 Å². The zero-order chi connectivity index (χ0) is 13.1. The van der Waals surface area contributed by atoms with Crippen LogP contribution in [0.1, 0.15) is 36.9 Å². The van der Waals surface area contributed by atoms with E-state index in [2.05, 4.69) is 36.5 Å². The lowest BCUT2D eigenvalue weighted by atomic mass is 10.0. The van der Waals surface area contributed by atoms with Crippen LogP contribution in [0.3, 0.4) is 0 Å². The highest BCUT2D eigenvalue weighted by molar-refractivity contribution is 5.75. The summed E-state index contributed by atoms with van der Waals surface area (Å²) in [4.78, 5) is 11.5. The molecule has 0 aliphatic heterocycles. The van der Waals surface area contributed by atoms with Crippen LogP contribution in [0.25, 0.3) is 0 Å². The molecule has 1 saturated carbocycles. The Balaban J connectivity index is 2.09. The van der Waals surface area contributed by atoms with Crippen molar-refractivity contribution in [3.63, 3.8) is 0 Å². The number of hydrogen-bond donors (Lipinski definition) is 1. The molecule has 1 fully saturated rings. The first-order valence-corrected chi connectivity index (χ1v) is 6.52. The third-order valence-corrected chi connectivity index (χ3v) is 3.51. The number of methoxy groups -OCH3 is 1. The molecule has 1 aromatic rings. The van der Waals surface area contributed by atoms with Gasteiger partial charge in [-0.15, -0.1) is 0 Å². The van der Waals surface area contributed by atoms with Gasteiger partial charge in [0, 0.05) is 6.04 Å². The Morgan fingerprint density at radius 2 is 1.94 bits per heavy atom. The monoisotopic (exact) mass is 247 g/mol. The zero-order valence-electron chi connectivity index (χ0n) is 11.3. The summed E-state index contributed by atoms with van der Waals surface area (Å²) in [6.45, 7) is 3.94. The lowest BCUT2D eigenvalue weighted by Gasteiger charge is -2.22. The third-order valence-electron chi connectivity index (χ3n) is 3.51. The van der Waals surface area contributed by atoms with E-state index in [-0.39, 0.29) is 18.1 Å². The largest absolute Gasteiger partial charge is 0.468 e. The standard InChI is InChI=1S/C15H21NO2/c1-10-4-6-12(7-5-10)14(13-8-9-13)16-11(2)15(17)18-3/h4-7,11,13-14,16H,8-9H2,1-3H3.